The zero-order valence-corrected chi connectivity index (χ0v) is 15.2. The average molecular weight is 313 g/mol. The fourth-order valence-corrected chi connectivity index (χ4v) is 5.60. The van der Waals surface area contributed by atoms with Crippen molar-refractivity contribution in [3.05, 3.63) is 5.57 Å². The third kappa shape index (κ3) is 7.75. The molecule has 0 amide bonds. The molecule has 0 fully saturated rings. The summed E-state index contributed by atoms with van der Waals surface area (Å²) in [6.45, 7) is 8.66. The van der Waals surface area contributed by atoms with Crippen LogP contribution in [-0.4, -0.2) is 26.6 Å². The third-order valence-corrected chi connectivity index (χ3v) is 9.19. The second-order valence-electron chi connectivity index (χ2n) is 5.70. The van der Waals surface area contributed by atoms with Crippen molar-refractivity contribution < 1.29 is 14.0 Å². The van der Waals surface area contributed by atoms with E-state index in [1.54, 1.807) is 0 Å². The van der Waals surface area contributed by atoms with Gasteiger partial charge in [0.05, 0.1) is 0 Å². The van der Waals surface area contributed by atoms with Crippen molar-refractivity contribution in [2.75, 3.05) is 0 Å². The Morgan fingerprint density at radius 3 is 2.19 bits per heavy atom. The van der Waals surface area contributed by atoms with Gasteiger partial charge in [-0.1, -0.05) is 34.1 Å². The monoisotopic (exact) mass is 312 g/mol. The van der Waals surface area contributed by atoms with Crippen molar-refractivity contribution in [2.45, 2.75) is 90.5 Å². The van der Waals surface area contributed by atoms with Gasteiger partial charge in [-0.2, -0.15) is 0 Å². The molecule has 21 heavy (non-hydrogen) atoms. The van der Waals surface area contributed by atoms with Gasteiger partial charge < -0.3 is 9.22 Å². The van der Waals surface area contributed by atoms with Gasteiger partial charge in [0.2, 0.25) is 0 Å². The molecule has 0 rings (SSSR count). The van der Waals surface area contributed by atoms with Crippen LogP contribution >= 0.6 is 0 Å². The molecular formula is C17H32O3Si. The Kier molecular flexibility index (Phi) is 11.5. The van der Waals surface area contributed by atoms with Gasteiger partial charge >= 0.3 is 0 Å². The predicted octanol–water partition coefficient (Wildman–Crippen LogP) is 4.69. The molecule has 3 nitrogen and oxygen atoms in total. The molecule has 0 aromatic carbocycles. The Hall–Kier alpha value is -0.703. The van der Waals surface area contributed by atoms with Gasteiger partial charge in [-0.05, 0) is 37.4 Å². The number of hydrogen-bond donors (Lipinski definition) is 0. The lowest BCUT2D eigenvalue weighted by molar-refractivity contribution is -0.107. The standard InChI is InChI=1S/C17H32O3Si/c1-5-16(15-19)14-17(12-10-9-11-13-18)20-21(6-2,7-3)8-4/h13,17H,5-12,14H2,1-4H3. The first-order chi connectivity index (χ1) is 10.1. The van der Waals surface area contributed by atoms with Crippen molar-refractivity contribution in [3.63, 3.8) is 0 Å². The Labute approximate surface area is 131 Å². The van der Waals surface area contributed by atoms with Crippen molar-refractivity contribution in [3.8, 4) is 0 Å². The van der Waals surface area contributed by atoms with E-state index in [1.807, 2.05) is 6.92 Å². The zero-order chi connectivity index (χ0) is 16.1. The van der Waals surface area contributed by atoms with E-state index in [4.69, 9.17) is 4.43 Å². The third-order valence-electron chi connectivity index (χ3n) is 4.49. The molecule has 0 saturated carbocycles. The lowest BCUT2D eigenvalue weighted by atomic mass is 10.0. The summed E-state index contributed by atoms with van der Waals surface area (Å²) in [5, 5.41) is 0. The minimum absolute atomic E-state index is 0.125. The fourth-order valence-electron chi connectivity index (χ4n) is 2.69. The molecule has 0 bridgehead atoms. The van der Waals surface area contributed by atoms with E-state index in [-0.39, 0.29) is 6.10 Å². The first-order valence-corrected chi connectivity index (χ1v) is 11.0. The van der Waals surface area contributed by atoms with Crippen LogP contribution in [0.2, 0.25) is 18.1 Å². The molecule has 1 unspecified atom stereocenters. The van der Waals surface area contributed by atoms with E-state index in [9.17, 15) is 9.59 Å². The summed E-state index contributed by atoms with van der Waals surface area (Å²) >= 11 is 0. The molecule has 0 saturated heterocycles. The molecule has 0 aromatic rings. The Bertz CT molecular complexity index is 323. The van der Waals surface area contributed by atoms with Gasteiger partial charge in [0, 0.05) is 24.5 Å². The molecule has 4 heteroatoms. The highest BCUT2D eigenvalue weighted by atomic mass is 28.4. The number of unbranched alkanes of at least 4 members (excludes halogenated alkanes) is 2. The molecule has 1 atom stereocenters. The van der Waals surface area contributed by atoms with Crippen LogP contribution in [-0.2, 0) is 14.0 Å². The van der Waals surface area contributed by atoms with Crippen LogP contribution in [0.25, 0.3) is 0 Å². The summed E-state index contributed by atoms with van der Waals surface area (Å²) in [6, 6.07) is 3.37. The maximum absolute atomic E-state index is 11.0. The SMILES string of the molecule is CCC(=C=O)CC(CCCCC=O)O[Si](CC)(CC)CC. The fraction of sp³-hybridized carbons (Fsp3) is 0.824. The van der Waals surface area contributed by atoms with E-state index >= 15 is 0 Å². The summed E-state index contributed by atoms with van der Waals surface area (Å²) < 4.78 is 6.55. The summed E-state index contributed by atoms with van der Waals surface area (Å²) in [7, 11) is -1.65. The summed E-state index contributed by atoms with van der Waals surface area (Å²) in [5.41, 5.74) is 0.821. The molecule has 0 heterocycles. The minimum atomic E-state index is -1.65. The summed E-state index contributed by atoms with van der Waals surface area (Å²) in [5.74, 6) is 2.07. The second-order valence-corrected chi connectivity index (χ2v) is 10.4. The van der Waals surface area contributed by atoms with Crippen LogP contribution in [0.3, 0.4) is 0 Å². The first-order valence-electron chi connectivity index (χ1n) is 8.45. The highest BCUT2D eigenvalue weighted by Crippen LogP contribution is 2.27. The predicted molar refractivity (Wildman–Crippen MR) is 90.7 cm³/mol. The molecule has 0 aliphatic heterocycles. The number of carbonyl (C=O) groups excluding carboxylic acids is 2. The normalized spacial score (nSPS) is 12.8. The van der Waals surface area contributed by atoms with Gasteiger partial charge in [0.25, 0.3) is 0 Å². The van der Waals surface area contributed by atoms with Crippen LogP contribution in [0.1, 0.15) is 66.2 Å². The molecule has 122 valence electrons. The zero-order valence-electron chi connectivity index (χ0n) is 14.2. The quantitative estimate of drug-likeness (QED) is 0.214. The molecule has 0 radical (unpaired) electrons. The summed E-state index contributed by atoms with van der Waals surface area (Å²) in [6.07, 6.45) is 6.01. The van der Waals surface area contributed by atoms with E-state index < -0.39 is 8.32 Å². The highest BCUT2D eigenvalue weighted by molar-refractivity contribution is 6.73. The van der Waals surface area contributed by atoms with Crippen molar-refractivity contribution >= 4 is 20.5 Å². The summed E-state index contributed by atoms with van der Waals surface area (Å²) in [4.78, 5) is 21.4. The maximum Gasteiger partial charge on any atom is 0.192 e. The van der Waals surface area contributed by atoms with Crippen LogP contribution in [0.4, 0.5) is 0 Å². The van der Waals surface area contributed by atoms with Gasteiger partial charge in [-0.25, -0.2) is 4.79 Å². The molecule has 0 aliphatic rings. The van der Waals surface area contributed by atoms with Crippen LogP contribution < -0.4 is 0 Å². The Morgan fingerprint density at radius 2 is 1.76 bits per heavy atom. The van der Waals surface area contributed by atoms with Gasteiger partial charge in [0.1, 0.15) is 12.2 Å². The van der Waals surface area contributed by atoms with Crippen LogP contribution in [0.5, 0.6) is 0 Å². The second kappa shape index (κ2) is 11.9. The van der Waals surface area contributed by atoms with E-state index in [0.717, 1.165) is 55.7 Å². The van der Waals surface area contributed by atoms with Crippen LogP contribution in [0.15, 0.2) is 5.57 Å². The number of hydrogen-bond acceptors (Lipinski definition) is 3. The van der Waals surface area contributed by atoms with Gasteiger partial charge in [0.15, 0.2) is 8.32 Å². The molecule has 0 aromatic heterocycles. The molecule has 0 N–H and O–H groups in total. The first kappa shape index (κ1) is 20.3. The molecule has 0 spiro atoms. The number of rotatable bonds is 13. The smallest absolute Gasteiger partial charge is 0.192 e. The van der Waals surface area contributed by atoms with Crippen molar-refractivity contribution in [1.82, 2.24) is 0 Å². The van der Waals surface area contributed by atoms with Crippen molar-refractivity contribution in [1.29, 1.82) is 0 Å². The minimum Gasteiger partial charge on any atom is -0.414 e. The van der Waals surface area contributed by atoms with E-state index in [0.29, 0.717) is 12.8 Å². The molecular weight excluding hydrogens is 280 g/mol. The Balaban J connectivity index is 4.76. The van der Waals surface area contributed by atoms with Crippen molar-refractivity contribution in [2.24, 2.45) is 0 Å². The number of carbonyl (C=O) groups is 1. The van der Waals surface area contributed by atoms with E-state index in [1.165, 1.54) is 0 Å². The van der Waals surface area contributed by atoms with Crippen LogP contribution in [0, 0.1) is 0 Å². The topological polar surface area (TPSA) is 43.4 Å². The van der Waals surface area contributed by atoms with E-state index in [2.05, 4.69) is 26.7 Å². The lowest BCUT2D eigenvalue weighted by Crippen LogP contribution is -2.40. The average Bonchev–Trinajstić information content (AvgIpc) is 2.53. The molecule has 0 aliphatic carbocycles. The van der Waals surface area contributed by atoms with Gasteiger partial charge in [-0.3, -0.25) is 0 Å². The lowest BCUT2D eigenvalue weighted by Gasteiger charge is -2.33. The highest BCUT2D eigenvalue weighted by Gasteiger charge is 2.32. The maximum atomic E-state index is 11.0. The van der Waals surface area contributed by atoms with Gasteiger partial charge in [-0.15, -0.1) is 0 Å². The number of aldehydes is 1. The largest absolute Gasteiger partial charge is 0.414 e. The Morgan fingerprint density at radius 1 is 1.14 bits per heavy atom.